The van der Waals surface area contributed by atoms with E-state index in [0.29, 0.717) is 17.0 Å². The number of aromatic nitrogens is 2. The molecule has 6 nitrogen and oxygen atoms in total. The highest BCUT2D eigenvalue weighted by Crippen LogP contribution is 2.33. The Morgan fingerprint density at radius 2 is 1.71 bits per heavy atom. The lowest BCUT2D eigenvalue weighted by Crippen LogP contribution is -2.46. The van der Waals surface area contributed by atoms with Crippen molar-refractivity contribution in [1.82, 2.24) is 20.4 Å². The minimum absolute atomic E-state index is 0.320. The number of benzene rings is 1. The largest absolute Gasteiger partial charge is 0.317 e. The molecule has 0 amide bonds. The van der Waals surface area contributed by atoms with Gasteiger partial charge in [0.1, 0.15) is 0 Å². The van der Waals surface area contributed by atoms with E-state index in [1.807, 2.05) is 6.07 Å². The van der Waals surface area contributed by atoms with Gasteiger partial charge in [-0.1, -0.05) is 18.6 Å². The van der Waals surface area contributed by atoms with Crippen molar-refractivity contribution in [1.29, 1.82) is 0 Å². The summed E-state index contributed by atoms with van der Waals surface area (Å²) in [5, 5.41) is 12.5. The summed E-state index contributed by atoms with van der Waals surface area (Å²) in [6.07, 6.45) is 7.26. The maximum atomic E-state index is 11.6. The number of sulfone groups is 1. The normalized spacial score (nSPS) is 22.2. The summed E-state index contributed by atoms with van der Waals surface area (Å²) in [7, 11) is -3.19. The lowest BCUT2D eigenvalue weighted by molar-refractivity contribution is 0.0733. The van der Waals surface area contributed by atoms with Crippen LogP contribution in [0.3, 0.4) is 0 Å². The smallest absolute Gasteiger partial charge is 0.175 e. The van der Waals surface area contributed by atoms with Gasteiger partial charge in [-0.2, -0.15) is 10.2 Å². The van der Waals surface area contributed by atoms with Gasteiger partial charge in [0.05, 0.1) is 22.3 Å². The van der Waals surface area contributed by atoms with E-state index in [0.717, 1.165) is 43.0 Å². The molecule has 1 N–H and O–H groups in total. The molecule has 2 aliphatic rings. The monoisotopic (exact) mass is 400 g/mol. The molecule has 3 heterocycles. The second-order valence-corrected chi connectivity index (χ2v) is 9.89. The Morgan fingerprint density at radius 3 is 2.36 bits per heavy atom. The minimum Gasteiger partial charge on any atom is -0.317 e. The van der Waals surface area contributed by atoms with Gasteiger partial charge in [0.15, 0.2) is 9.84 Å². The van der Waals surface area contributed by atoms with Gasteiger partial charge in [0.2, 0.25) is 0 Å². The van der Waals surface area contributed by atoms with Crippen LogP contribution >= 0.6 is 0 Å². The van der Waals surface area contributed by atoms with Gasteiger partial charge in [-0.15, -0.1) is 0 Å². The molecule has 0 radical (unpaired) electrons. The summed E-state index contributed by atoms with van der Waals surface area (Å²) >= 11 is 0. The van der Waals surface area contributed by atoms with E-state index >= 15 is 0 Å². The number of hydrogen-bond donors (Lipinski definition) is 1. The summed E-state index contributed by atoms with van der Waals surface area (Å²) in [4.78, 5) is 2.97. The fourth-order valence-electron chi connectivity index (χ4n) is 4.39. The molecule has 1 aromatic carbocycles. The lowest BCUT2D eigenvalue weighted by atomic mass is 9.93. The van der Waals surface area contributed by atoms with Gasteiger partial charge >= 0.3 is 0 Å². The third-order valence-corrected chi connectivity index (χ3v) is 7.06. The van der Waals surface area contributed by atoms with Crippen LogP contribution in [0, 0.1) is 0 Å². The Morgan fingerprint density at radius 1 is 0.964 bits per heavy atom. The quantitative estimate of drug-likeness (QED) is 0.851. The molecule has 150 valence electrons. The molecule has 28 heavy (non-hydrogen) atoms. The predicted octanol–water partition coefficient (Wildman–Crippen LogP) is 2.83. The van der Waals surface area contributed by atoms with E-state index in [2.05, 4.69) is 26.5 Å². The summed E-state index contributed by atoms with van der Waals surface area (Å²) in [6.45, 7) is 3.34. The Bertz CT molecular complexity index is 891. The molecule has 0 aliphatic carbocycles. The lowest BCUT2D eigenvalue weighted by Gasteiger charge is -2.42. The zero-order chi connectivity index (χ0) is 19.6. The topological polar surface area (TPSA) is 75.2 Å². The van der Waals surface area contributed by atoms with Gasteiger partial charge in [0.25, 0.3) is 0 Å². The third-order valence-electron chi connectivity index (χ3n) is 5.93. The van der Waals surface area contributed by atoms with Crippen LogP contribution < -0.4 is 5.32 Å². The minimum atomic E-state index is -3.19. The first-order valence-corrected chi connectivity index (χ1v) is 12.0. The highest BCUT2D eigenvalue weighted by atomic mass is 32.2. The Labute approximate surface area is 167 Å². The molecule has 2 aromatic rings. The maximum absolute atomic E-state index is 11.6. The van der Waals surface area contributed by atoms with E-state index < -0.39 is 9.84 Å². The fourth-order valence-corrected chi connectivity index (χ4v) is 5.02. The molecule has 1 atom stereocenters. The van der Waals surface area contributed by atoms with Crippen LogP contribution in [0.5, 0.6) is 0 Å². The van der Waals surface area contributed by atoms with Crippen LogP contribution in [0.4, 0.5) is 0 Å². The highest BCUT2D eigenvalue weighted by molar-refractivity contribution is 7.90. The fraction of sp³-hybridized carbons (Fsp3) is 0.524. The molecule has 2 fully saturated rings. The number of hydrogen-bond acceptors (Lipinski definition) is 6. The number of rotatable bonds is 4. The second-order valence-electron chi connectivity index (χ2n) is 7.87. The molecule has 2 aliphatic heterocycles. The summed E-state index contributed by atoms with van der Waals surface area (Å²) in [6, 6.07) is 11.9. The van der Waals surface area contributed by atoms with Crippen molar-refractivity contribution >= 4 is 9.84 Å². The van der Waals surface area contributed by atoms with E-state index in [9.17, 15) is 8.42 Å². The standard InChI is InChI=1S/C21H28N4O2S/c1-28(26,27)18-7-5-16(6-8-18)19-9-10-20(24-23-19)21-4-2-3-15-25(21)17-11-13-22-14-12-17/h5-10,17,21-22H,2-4,11-15H2,1H3. The highest BCUT2D eigenvalue weighted by Gasteiger charge is 2.31. The van der Waals surface area contributed by atoms with Crippen LogP contribution in [0.2, 0.25) is 0 Å². The molecule has 7 heteroatoms. The molecule has 0 bridgehead atoms. The van der Waals surface area contributed by atoms with Crippen molar-refractivity contribution in [2.45, 2.75) is 49.1 Å². The molecule has 0 saturated carbocycles. The predicted molar refractivity (Wildman–Crippen MR) is 110 cm³/mol. The average molecular weight is 401 g/mol. The number of nitrogens with one attached hydrogen (secondary N) is 1. The van der Waals surface area contributed by atoms with E-state index in [4.69, 9.17) is 0 Å². The molecule has 0 spiro atoms. The first-order chi connectivity index (χ1) is 13.5. The average Bonchev–Trinajstić information content (AvgIpc) is 2.74. The van der Waals surface area contributed by atoms with Crippen molar-refractivity contribution in [3.05, 3.63) is 42.1 Å². The molecule has 1 aromatic heterocycles. The Kier molecular flexibility index (Phi) is 5.75. The van der Waals surface area contributed by atoms with Gasteiger partial charge < -0.3 is 5.32 Å². The van der Waals surface area contributed by atoms with Crippen molar-refractivity contribution in [3.8, 4) is 11.3 Å². The molecule has 4 rings (SSSR count). The summed E-state index contributed by atoms with van der Waals surface area (Å²) in [5.41, 5.74) is 2.70. The zero-order valence-electron chi connectivity index (χ0n) is 16.3. The van der Waals surface area contributed by atoms with Gasteiger partial charge in [0, 0.05) is 17.9 Å². The zero-order valence-corrected chi connectivity index (χ0v) is 17.2. The second kappa shape index (κ2) is 8.27. The van der Waals surface area contributed by atoms with Gasteiger partial charge in [-0.25, -0.2) is 8.42 Å². The third kappa shape index (κ3) is 4.26. The number of piperidine rings is 2. The Balaban J connectivity index is 1.53. The van der Waals surface area contributed by atoms with Crippen molar-refractivity contribution in [2.24, 2.45) is 0 Å². The molecule has 1 unspecified atom stereocenters. The summed E-state index contributed by atoms with van der Waals surface area (Å²) < 4.78 is 23.3. The van der Waals surface area contributed by atoms with Crippen LogP contribution in [0.1, 0.15) is 43.8 Å². The van der Waals surface area contributed by atoms with Crippen LogP contribution in [0.25, 0.3) is 11.3 Å². The van der Waals surface area contributed by atoms with Crippen LogP contribution in [-0.4, -0.2) is 55.4 Å². The SMILES string of the molecule is CS(=O)(=O)c1ccc(-c2ccc(C3CCCCN3C3CCNCC3)nn2)cc1. The van der Waals surface area contributed by atoms with Crippen molar-refractivity contribution in [3.63, 3.8) is 0 Å². The number of likely N-dealkylation sites (tertiary alicyclic amines) is 1. The maximum Gasteiger partial charge on any atom is 0.175 e. The molecule has 2 saturated heterocycles. The Hall–Kier alpha value is -1.83. The molecular weight excluding hydrogens is 372 g/mol. The van der Waals surface area contributed by atoms with E-state index in [1.165, 1.54) is 31.9 Å². The first-order valence-electron chi connectivity index (χ1n) is 10.1. The van der Waals surface area contributed by atoms with Crippen molar-refractivity contribution < 1.29 is 8.42 Å². The number of nitrogens with zero attached hydrogens (tertiary/aromatic N) is 3. The van der Waals surface area contributed by atoms with Gasteiger partial charge in [-0.3, -0.25) is 4.90 Å². The van der Waals surface area contributed by atoms with Gasteiger partial charge in [-0.05, 0) is 69.6 Å². The van der Waals surface area contributed by atoms with E-state index in [-0.39, 0.29) is 0 Å². The van der Waals surface area contributed by atoms with Crippen LogP contribution in [-0.2, 0) is 9.84 Å². The van der Waals surface area contributed by atoms with E-state index in [1.54, 1.807) is 24.3 Å². The van der Waals surface area contributed by atoms with Crippen molar-refractivity contribution in [2.75, 3.05) is 25.9 Å². The first kappa shape index (κ1) is 19.5. The molecular formula is C21H28N4O2S. The summed E-state index contributed by atoms with van der Waals surface area (Å²) in [5.74, 6) is 0. The van der Waals surface area contributed by atoms with Crippen LogP contribution in [0.15, 0.2) is 41.3 Å².